The summed E-state index contributed by atoms with van der Waals surface area (Å²) in [5, 5.41) is 8.94. The van der Waals surface area contributed by atoms with Gasteiger partial charge in [-0.25, -0.2) is 8.42 Å². The Bertz CT molecular complexity index is 712. The Morgan fingerprint density at radius 1 is 1.40 bits per heavy atom. The fourth-order valence-electron chi connectivity index (χ4n) is 1.60. The molecule has 2 rings (SSSR count). The molecule has 3 N–H and O–H groups in total. The number of anilines is 1. The third kappa shape index (κ3) is 3.14. The van der Waals surface area contributed by atoms with Crippen molar-refractivity contribution in [1.82, 2.24) is 4.98 Å². The SMILES string of the molecule is COc1cc(NS(=O)(=O)c2c[nH]c(CO)c2)ccc1Br. The van der Waals surface area contributed by atoms with Crippen molar-refractivity contribution >= 4 is 31.6 Å². The zero-order valence-corrected chi connectivity index (χ0v) is 13.0. The summed E-state index contributed by atoms with van der Waals surface area (Å²) in [7, 11) is -2.21. The quantitative estimate of drug-likeness (QED) is 0.761. The Morgan fingerprint density at radius 2 is 2.15 bits per heavy atom. The Balaban J connectivity index is 2.28. The lowest BCUT2D eigenvalue weighted by molar-refractivity contribution is 0.277. The topological polar surface area (TPSA) is 91.4 Å². The second kappa shape index (κ2) is 5.86. The highest BCUT2D eigenvalue weighted by molar-refractivity contribution is 9.10. The van der Waals surface area contributed by atoms with Crippen LogP contribution in [0.1, 0.15) is 5.69 Å². The summed E-state index contributed by atoms with van der Waals surface area (Å²) < 4.78 is 32.6. The van der Waals surface area contributed by atoms with Crippen molar-refractivity contribution in [2.24, 2.45) is 0 Å². The van der Waals surface area contributed by atoms with E-state index in [2.05, 4.69) is 25.6 Å². The zero-order chi connectivity index (χ0) is 14.8. The van der Waals surface area contributed by atoms with E-state index in [9.17, 15) is 8.42 Å². The van der Waals surface area contributed by atoms with Gasteiger partial charge in [-0.2, -0.15) is 0 Å². The van der Waals surface area contributed by atoms with Crippen molar-refractivity contribution in [2.75, 3.05) is 11.8 Å². The van der Waals surface area contributed by atoms with Crippen molar-refractivity contribution in [1.29, 1.82) is 0 Å². The number of halogens is 1. The van der Waals surface area contributed by atoms with Crippen LogP contribution in [0.3, 0.4) is 0 Å². The predicted octanol–water partition coefficient (Wildman–Crippen LogP) is 2.08. The number of ether oxygens (including phenoxy) is 1. The number of rotatable bonds is 5. The largest absolute Gasteiger partial charge is 0.495 e. The summed E-state index contributed by atoms with van der Waals surface area (Å²) in [6.07, 6.45) is 1.32. The van der Waals surface area contributed by atoms with Crippen LogP contribution in [0.5, 0.6) is 5.75 Å². The number of hydrogen-bond donors (Lipinski definition) is 3. The molecule has 0 saturated heterocycles. The van der Waals surface area contributed by atoms with Gasteiger partial charge in [0.05, 0.1) is 23.9 Å². The van der Waals surface area contributed by atoms with Gasteiger partial charge in [-0.15, -0.1) is 0 Å². The molecule has 0 saturated carbocycles. The Labute approximate surface area is 125 Å². The molecule has 6 nitrogen and oxygen atoms in total. The van der Waals surface area contributed by atoms with Crippen LogP contribution in [-0.2, 0) is 16.6 Å². The third-order valence-electron chi connectivity index (χ3n) is 2.60. The van der Waals surface area contributed by atoms with E-state index in [4.69, 9.17) is 9.84 Å². The third-order valence-corrected chi connectivity index (χ3v) is 4.62. The summed E-state index contributed by atoms with van der Waals surface area (Å²) in [5.41, 5.74) is 0.815. The molecule has 0 bridgehead atoms. The number of aliphatic hydroxyl groups is 1. The van der Waals surface area contributed by atoms with Crippen molar-refractivity contribution in [3.8, 4) is 5.75 Å². The molecule has 20 heavy (non-hydrogen) atoms. The highest BCUT2D eigenvalue weighted by atomic mass is 79.9. The van der Waals surface area contributed by atoms with E-state index in [1.807, 2.05) is 0 Å². The summed E-state index contributed by atoms with van der Waals surface area (Å²) in [6.45, 7) is -0.248. The molecule has 0 aliphatic heterocycles. The molecule has 0 atom stereocenters. The molecular formula is C12H13BrN2O4S. The predicted molar refractivity (Wildman–Crippen MR) is 78.2 cm³/mol. The van der Waals surface area contributed by atoms with E-state index in [1.165, 1.54) is 19.4 Å². The second-order valence-electron chi connectivity index (χ2n) is 3.97. The van der Waals surface area contributed by atoms with Gasteiger partial charge < -0.3 is 14.8 Å². The molecule has 2 aromatic rings. The number of nitrogens with one attached hydrogen (secondary N) is 2. The highest BCUT2D eigenvalue weighted by Gasteiger charge is 2.16. The van der Waals surface area contributed by atoms with Gasteiger partial charge in [-0.3, -0.25) is 4.72 Å². The van der Waals surface area contributed by atoms with Crippen LogP contribution >= 0.6 is 15.9 Å². The van der Waals surface area contributed by atoms with Crippen LogP contribution in [0.2, 0.25) is 0 Å². The van der Waals surface area contributed by atoms with Gasteiger partial charge in [0, 0.05) is 18.0 Å². The van der Waals surface area contributed by atoms with E-state index in [-0.39, 0.29) is 11.5 Å². The van der Waals surface area contributed by atoms with Gasteiger partial charge >= 0.3 is 0 Å². The number of H-pyrrole nitrogens is 1. The molecule has 1 heterocycles. The summed E-state index contributed by atoms with van der Waals surface area (Å²) in [6, 6.07) is 6.25. The standard InChI is InChI=1S/C12H13BrN2O4S/c1-19-12-5-8(2-3-11(12)13)15-20(17,18)10-4-9(7-16)14-6-10/h2-6,14-16H,7H2,1H3. The summed E-state index contributed by atoms with van der Waals surface area (Å²) in [5.74, 6) is 0.523. The van der Waals surface area contributed by atoms with Gasteiger partial charge in [0.25, 0.3) is 10.0 Å². The maximum Gasteiger partial charge on any atom is 0.263 e. The van der Waals surface area contributed by atoms with Gasteiger partial charge in [0.15, 0.2) is 0 Å². The van der Waals surface area contributed by atoms with Crippen LogP contribution in [0.4, 0.5) is 5.69 Å². The zero-order valence-electron chi connectivity index (χ0n) is 10.6. The fourth-order valence-corrected chi connectivity index (χ4v) is 3.08. The minimum Gasteiger partial charge on any atom is -0.495 e. The molecule has 0 spiro atoms. The number of aromatic nitrogens is 1. The molecule has 0 fully saturated rings. The van der Waals surface area contributed by atoms with Crippen molar-refractivity contribution < 1.29 is 18.3 Å². The first-order chi connectivity index (χ1) is 9.46. The van der Waals surface area contributed by atoms with Crippen LogP contribution in [0.15, 0.2) is 39.8 Å². The number of aromatic amines is 1. The Hall–Kier alpha value is -1.51. The van der Waals surface area contributed by atoms with E-state index in [0.717, 1.165) is 4.47 Å². The van der Waals surface area contributed by atoms with Gasteiger partial charge in [-0.1, -0.05) is 0 Å². The maximum absolute atomic E-state index is 12.2. The molecule has 108 valence electrons. The smallest absolute Gasteiger partial charge is 0.263 e. The average molecular weight is 361 g/mol. The number of benzene rings is 1. The first kappa shape index (κ1) is 14.9. The average Bonchev–Trinajstić information content (AvgIpc) is 2.90. The van der Waals surface area contributed by atoms with E-state index >= 15 is 0 Å². The summed E-state index contributed by atoms with van der Waals surface area (Å²) in [4.78, 5) is 2.74. The molecule has 0 aliphatic carbocycles. The molecule has 8 heteroatoms. The van der Waals surface area contributed by atoms with Gasteiger partial charge in [0.1, 0.15) is 10.6 Å². The normalized spacial score (nSPS) is 11.3. The van der Waals surface area contributed by atoms with Crippen molar-refractivity contribution in [3.05, 3.63) is 40.6 Å². The van der Waals surface area contributed by atoms with E-state index in [0.29, 0.717) is 17.1 Å². The Morgan fingerprint density at radius 3 is 2.75 bits per heavy atom. The van der Waals surface area contributed by atoms with Crippen LogP contribution in [0, 0.1) is 0 Å². The van der Waals surface area contributed by atoms with Gasteiger partial charge in [0.2, 0.25) is 0 Å². The second-order valence-corrected chi connectivity index (χ2v) is 6.51. The van der Waals surface area contributed by atoms with E-state index < -0.39 is 10.0 Å². The molecule has 1 aromatic heterocycles. The molecular weight excluding hydrogens is 348 g/mol. The molecule has 0 radical (unpaired) electrons. The fraction of sp³-hybridized carbons (Fsp3) is 0.167. The minimum absolute atomic E-state index is 0.0587. The maximum atomic E-state index is 12.2. The minimum atomic E-state index is -3.70. The molecule has 0 unspecified atom stereocenters. The van der Waals surface area contributed by atoms with Crippen LogP contribution in [-0.4, -0.2) is 25.6 Å². The Kier molecular flexibility index (Phi) is 4.36. The number of sulfonamides is 1. The molecule has 0 amide bonds. The van der Waals surface area contributed by atoms with Crippen molar-refractivity contribution in [3.63, 3.8) is 0 Å². The first-order valence-electron chi connectivity index (χ1n) is 5.61. The lowest BCUT2D eigenvalue weighted by Gasteiger charge is -2.09. The van der Waals surface area contributed by atoms with Crippen LogP contribution in [0.25, 0.3) is 0 Å². The number of methoxy groups -OCH3 is 1. The number of hydrogen-bond acceptors (Lipinski definition) is 4. The van der Waals surface area contributed by atoms with Gasteiger partial charge in [-0.05, 0) is 34.1 Å². The van der Waals surface area contributed by atoms with Crippen molar-refractivity contribution in [2.45, 2.75) is 11.5 Å². The molecule has 1 aromatic carbocycles. The first-order valence-corrected chi connectivity index (χ1v) is 7.88. The van der Waals surface area contributed by atoms with E-state index in [1.54, 1.807) is 18.2 Å². The summed E-state index contributed by atoms with van der Waals surface area (Å²) >= 11 is 3.29. The lowest BCUT2D eigenvalue weighted by Crippen LogP contribution is -2.12. The number of aliphatic hydroxyl groups excluding tert-OH is 1. The monoisotopic (exact) mass is 360 g/mol. The highest BCUT2D eigenvalue weighted by Crippen LogP contribution is 2.29. The van der Waals surface area contributed by atoms with Crippen LogP contribution < -0.4 is 9.46 Å². The lowest BCUT2D eigenvalue weighted by atomic mass is 10.3. The molecule has 0 aliphatic rings.